The van der Waals surface area contributed by atoms with Crippen molar-refractivity contribution < 1.29 is 23.9 Å². The summed E-state index contributed by atoms with van der Waals surface area (Å²) in [7, 11) is 0. The average Bonchev–Trinajstić information content (AvgIpc) is 3.57. The summed E-state index contributed by atoms with van der Waals surface area (Å²) < 4.78 is 10.7. The van der Waals surface area contributed by atoms with E-state index in [1.54, 1.807) is 0 Å². The molecule has 2 unspecified atom stereocenters. The van der Waals surface area contributed by atoms with Gasteiger partial charge in [-0.25, -0.2) is 4.79 Å². The lowest BCUT2D eigenvalue weighted by molar-refractivity contribution is -0.131. The minimum absolute atomic E-state index is 0.0246. The largest absolute Gasteiger partial charge is 0.454 e. The number of carbonyl (C=O) groups excluding carboxylic acids is 3. The van der Waals surface area contributed by atoms with Crippen molar-refractivity contribution >= 4 is 29.6 Å². The smallest absolute Gasteiger partial charge is 0.327 e. The lowest BCUT2D eigenvalue weighted by Gasteiger charge is -2.41. The number of aryl methyl sites for hydroxylation is 1. The minimum atomic E-state index is -0.288. The molecule has 3 heterocycles. The van der Waals surface area contributed by atoms with Crippen molar-refractivity contribution in [1.29, 1.82) is 0 Å². The second-order valence-corrected chi connectivity index (χ2v) is 10.5. The number of fused-ring (bicyclic) bond motifs is 2. The first-order valence-electron chi connectivity index (χ1n) is 12.6. The van der Waals surface area contributed by atoms with E-state index in [0.29, 0.717) is 44.6 Å². The molecule has 0 aliphatic carbocycles. The average molecular weight is 522 g/mol. The van der Waals surface area contributed by atoms with E-state index in [1.807, 2.05) is 65.8 Å². The Bertz CT molecular complexity index is 1220. The Kier molecular flexibility index (Phi) is 7.69. The fraction of sp³-hybridized carbons (Fsp3) is 0.393. The molecular formula is C28H31N3O5S. The van der Waals surface area contributed by atoms with Gasteiger partial charge in [0, 0.05) is 26.1 Å². The normalized spacial score (nSPS) is 19.9. The predicted molar refractivity (Wildman–Crippen MR) is 141 cm³/mol. The molecule has 1 N–H and O–H groups in total. The van der Waals surface area contributed by atoms with Crippen LogP contribution in [0.5, 0.6) is 11.5 Å². The number of carbonyl (C=O) groups is 3. The van der Waals surface area contributed by atoms with Crippen molar-refractivity contribution in [3.05, 3.63) is 70.6 Å². The van der Waals surface area contributed by atoms with Crippen molar-refractivity contribution in [3.63, 3.8) is 0 Å². The molecule has 1 saturated heterocycles. The maximum absolute atomic E-state index is 13.4. The van der Waals surface area contributed by atoms with Crippen LogP contribution in [0, 0.1) is 6.92 Å². The summed E-state index contributed by atoms with van der Waals surface area (Å²) >= 11 is 1.48. The van der Waals surface area contributed by atoms with Crippen LogP contribution in [0.3, 0.4) is 0 Å². The first kappa shape index (κ1) is 25.2. The standard InChI is InChI=1S/C28H31N3O5S/c1-19-7-4-5-8-21(19)17-31-22-12-14-37-26(22)27(33)30(28(31)34)13-6-2-3-9-25(32)29-16-20-10-11-23-24(15-20)36-18-35-23/h4-5,7-8,10-12,14-15,22,26H,2-3,6,9,13,16-18H2,1H3,(H,29,32). The predicted octanol–water partition coefficient (Wildman–Crippen LogP) is 4.36. The van der Waals surface area contributed by atoms with Gasteiger partial charge in [0.1, 0.15) is 5.25 Å². The SMILES string of the molecule is Cc1ccccc1CN1C(=O)N(CCCCCC(=O)NCc2ccc3c(c2)OCO3)C(=O)C2SC=CC21. The van der Waals surface area contributed by atoms with E-state index >= 15 is 0 Å². The number of rotatable bonds is 10. The van der Waals surface area contributed by atoms with Gasteiger partial charge in [-0.05, 0) is 54.0 Å². The van der Waals surface area contributed by atoms with Crippen LogP contribution in [-0.4, -0.2) is 52.3 Å². The number of unbranched alkanes of at least 4 members (excludes halogenated alkanes) is 2. The highest BCUT2D eigenvalue weighted by Gasteiger charge is 2.46. The van der Waals surface area contributed by atoms with E-state index in [1.165, 1.54) is 16.7 Å². The zero-order valence-corrected chi connectivity index (χ0v) is 21.7. The van der Waals surface area contributed by atoms with Gasteiger partial charge in [-0.15, -0.1) is 11.8 Å². The fourth-order valence-corrected chi connectivity index (χ4v) is 5.88. The summed E-state index contributed by atoms with van der Waals surface area (Å²) in [5.74, 6) is 1.28. The van der Waals surface area contributed by atoms with Gasteiger partial charge in [-0.1, -0.05) is 42.8 Å². The highest BCUT2D eigenvalue weighted by Crippen LogP contribution is 2.36. The number of amides is 4. The van der Waals surface area contributed by atoms with E-state index in [4.69, 9.17) is 9.47 Å². The molecule has 1 fully saturated rings. The van der Waals surface area contributed by atoms with Crippen LogP contribution in [0.1, 0.15) is 42.4 Å². The van der Waals surface area contributed by atoms with Crippen LogP contribution < -0.4 is 14.8 Å². The van der Waals surface area contributed by atoms with Crippen LogP contribution in [0.4, 0.5) is 4.79 Å². The molecule has 2 aromatic rings. The third-order valence-electron chi connectivity index (χ3n) is 6.97. The Hall–Kier alpha value is -3.46. The Labute approximate surface area is 221 Å². The van der Waals surface area contributed by atoms with E-state index in [9.17, 15) is 14.4 Å². The molecule has 3 aliphatic rings. The molecule has 9 heteroatoms. The first-order valence-corrected chi connectivity index (χ1v) is 13.6. The minimum Gasteiger partial charge on any atom is -0.454 e. The number of nitrogens with zero attached hydrogens (tertiary/aromatic N) is 2. The van der Waals surface area contributed by atoms with Crippen molar-refractivity contribution in [3.8, 4) is 11.5 Å². The first-order chi connectivity index (χ1) is 18.0. The second kappa shape index (κ2) is 11.3. The Morgan fingerprint density at radius 2 is 1.92 bits per heavy atom. The van der Waals surface area contributed by atoms with E-state index in [2.05, 4.69) is 5.32 Å². The number of imide groups is 1. The maximum atomic E-state index is 13.4. The lowest BCUT2D eigenvalue weighted by atomic mass is 10.0. The van der Waals surface area contributed by atoms with E-state index in [0.717, 1.165) is 28.9 Å². The molecule has 0 aromatic heterocycles. The van der Waals surface area contributed by atoms with Crippen molar-refractivity contribution in [1.82, 2.24) is 15.1 Å². The number of ether oxygens (including phenoxy) is 2. The maximum Gasteiger partial charge on any atom is 0.327 e. The topological polar surface area (TPSA) is 88.2 Å². The van der Waals surface area contributed by atoms with Gasteiger partial charge in [-0.2, -0.15) is 0 Å². The zero-order valence-electron chi connectivity index (χ0n) is 20.9. The highest BCUT2D eigenvalue weighted by atomic mass is 32.2. The van der Waals surface area contributed by atoms with Crippen molar-refractivity contribution in [2.75, 3.05) is 13.3 Å². The van der Waals surface area contributed by atoms with Crippen LogP contribution in [0.25, 0.3) is 0 Å². The van der Waals surface area contributed by atoms with Gasteiger partial charge < -0.3 is 19.7 Å². The van der Waals surface area contributed by atoms with Gasteiger partial charge in [0.05, 0.1) is 6.04 Å². The van der Waals surface area contributed by atoms with Gasteiger partial charge >= 0.3 is 6.03 Å². The number of thioether (sulfide) groups is 1. The summed E-state index contributed by atoms with van der Waals surface area (Å²) in [6.45, 7) is 3.53. The van der Waals surface area contributed by atoms with Gasteiger partial charge in [0.2, 0.25) is 18.6 Å². The van der Waals surface area contributed by atoms with Gasteiger partial charge in [0.15, 0.2) is 11.5 Å². The van der Waals surface area contributed by atoms with E-state index < -0.39 is 0 Å². The summed E-state index contributed by atoms with van der Waals surface area (Å²) in [5, 5.41) is 4.57. The number of urea groups is 1. The van der Waals surface area contributed by atoms with Crippen molar-refractivity contribution in [2.24, 2.45) is 0 Å². The molecular weight excluding hydrogens is 490 g/mol. The quantitative estimate of drug-likeness (QED) is 0.468. The number of nitrogens with one attached hydrogen (secondary N) is 1. The zero-order chi connectivity index (χ0) is 25.8. The molecule has 2 aromatic carbocycles. The Morgan fingerprint density at radius 1 is 1.08 bits per heavy atom. The Morgan fingerprint density at radius 3 is 2.78 bits per heavy atom. The summed E-state index contributed by atoms with van der Waals surface area (Å²) in [6, 6.07) is 13.2. The summed E-state index contributed by atoms with van der Waals surface area (Å²) in [5.41, 5.74) is 3.16. The third kappa shape index (κ3) is 5.61. The molecule has 3 aliphatic heterocycles. The van der Waals surface area contributed by atoms with Crippen LogP contribution in [0.2, 0.25) is 0 Å². The molecule has 5 rings (SSSR count). The van der Waals surface area contributed by atoms with E-state index in [-0.39, 0.29) is 35.9 Å². The monoisotopic (exact) mass is 521 g/mol. The molecule has 0 spiro atoms. The molecule has 194 valence electrons. The fourth-order valence-electron chi connectivity index (χ4n) is 4.82. The number of benzene rings is 2. The molecule has 37 heavy (non-hydrogen) atoms. The molecule has 2 atom stereocenters. The van der Waals surface area contributed by atoms with Crippen molar-refractivity contribution in [2.45, 2.75) is 57.0 Å². The molecule has 8 nitrogen and oxygen atoms in total. The Balaban J connectivity index is 1.08. The summed E-state index contributed by atoms with van der Waals surface area (Å²) in [4.78, 5) is 41.9. The van der Waals surface area contributed by atoms with Gasteiger partial charge in [-0.3, -0.25) is 14.5 Å². The molecule has 0 bridgehead atoms. The molecule has 0 saturated carbocycles. The number of hydrogen-bond donors (Lipinski definition) is 1. The molecule has 0 radical (unpaired) electrons. The number of hydrogen-bond acceptors (Lipinski definition) is 6. The van der Waals surface area contributed by atoms with Crippen LogP contribution in [0.15, 0.2) is 53.9 Å². The third-order valence-corrected chi connectivity index (χ3v) is 8.06. The van der Waals surface area contributed by atoms with Crippen LogP contribution in [-0.2, 0) is 22.7 Å². The van der Waals surface area contributed by atoms with Crippen LogP contribution >= 0.6 is 11.8 Å². The second-order valence-electron chi connectivity index (χ2n) is 9.48. The highest BCUT2D eigenvalue weighted by molar-refractivity contribution is 8.03. The van der Waals surface area contributed by atoms with Gasteiger partial charge in [0.25, 0.3) is 0 Å². The molecule has 4 amide bonds. The summed E-state index contributed by atoms with van der Waals surface area (Å²) in [6.07, 6.45) is 4.48. The lowest BCUT2D eigenvalue weighted by Crippen LogP contribution is -2.61.